The Morgan fingerprint density at radius 1 is 1.17 bits per heavy atom. The first-order chi connectivity index (χ1) is 13.7. The molecule has 1 fully saturated rings. The molecule has 1 aromatic carbocycles. The number of aromatic nitrogens is 2. The van der Waals surface area contributed by atoms with Gasteiger partial charge < -0.3 is 20.3 Å². The Kier molecular flexibility index (Phi) is 6.45. The molecular formula is C22H33N5O2. The quantitative estimate of drug-likeness (QED) is 0.785. The highest BCUT2D eigenvalue weighted by Gasteiger charge is 2.27. The van der Waals surface area contributed by atoms with E-state index < -0.39 is 5.60 Å². The van der Waals surface area contributed by atoms with Gasteiger partial charge in [0.2, 0.25) is 5.95 Å². The topological polar surface area (TPSA) is 79.4 Å². The van der Waals surface area contributed by atoms with Gasteiger partial charge in [-0.15, -0.1) is 0 Å². The van der Waals surface area contributed by atoms with Crippen molar-refractivity contribution in [1.29, 1.82) is 0 Å². The van der Waals surface area contributed by atoms with E-state index in [1.54, 1.807) is 0 Å². The molecule has 0 radical (unpaired) electrons. The monoisotopic (exact) mass is 399 g/mol. The summed E-state index contributed by atoms with van der Waals surface area (Å²) in [7, 11) is 3.99. The van der Waals surface area contributed by atoms with Gasteiger partial charge in [0.15, 0.2) is 0 Å². The van der Waals surface area contributed by atoms with E-state index in [9.17, 15) is 4.79 Å². The van der Waals surface area contributed by atoms with Crippen molar-refractivity contribution in [2.75, 3.05) is 30.9 Å². The smallest absolute Gasteiger partial charge is 0.407 e. The molecule has 7 nitrogen and oxygen atoms in total. The van der Waals surface area contributed by atoms with Crippen LogP contribution in [0.5, 0.6) is 0 Å². The standard InChI is InChI=1S/C22H33N5O2/c1-22(2,3)29-21(28)23-14-15-10-6-8-12-17(15)24-20-25-18-13-9-7-11-16(18)19(26-20)27(4)5/h7,9,11,13,15,17H,6,8,10,12,14H2,1-5H3,(H,23,28)(H,24,25,26). The summed E-state index contributed by atoms with van der Waals surface area (Å²) in [5.41, 5.74) is 0.434. The second kappa shape index (κ2) is 8.84. The van der Waals surface area contributed by atoms with E-state index in [2.05, 4.69) is 10.6 Å². The summed E-state index contributed by atoms with van der Waals surface area (Å²) in [4.78, 5) is 23.6. The Morgan fingerprint density at radius 2 is 1.90 bits per heavy atom. The van der Waals surface area contributed by atoms with Crippen LogP contribution in [0.4, 0.5) is 16.6 Å². The fourth-order valence-corrected chi connectivity index (χ4v) is 3.80. The minimum atomic E-state index is -0.490. The molecule has 7 heteroatoms. The Balaban J connectivity index is 1.72. The summed E-state index contributed by atoms with van der Waals surface area (Å²) in [6, 6.07) is 8.27. The van der Waals surface area contributed by atoms with E-state index in [1.165, 1.54) is 6.42 Å². The van der Waals surface area contributed by atoms with Crippen LogP contribution >= 0.6 is 0 Å². The van der Waals surface area contributed by atoms with E-state index in [-0.39, 0.29) is 12.1 Å². The molecule has 2 aromatic rings. The van der Waals surface area contributed by atoms with Gasteiger partial charge in [-0.3, -0.25) is 0 Å². The number of hydrogen-bond donors (Lipinski definition) is 2. The average Bonchev–Trinajstić information content (AvgIpc) is 2.65. The van der Waals surface area contributed by atoms with E-state index in [0.717, 1.165) is 36.0 Å². The van der Waals surface area contributed by atoms with Crippen LogP contribution in [0.3, 0.4) is 0 Å². The van der Waals surface area contributed by atoms with Crippen molar-refractivity contribution in [1.82, 2.24) is 15.3 Å². The molecule has 158 valence electrons. The minimum Gasteiger partial charge on any atom is -0.444 e. The number of amides is 1. The number of fused-ring (bicyclic) bond motifs is 1. The van der Waals surface area contributed by atoms with Crippen LogP contribution in [0.1, 0.15) is 46.5 Å². The van der Waals surface area contributed by atoms with Gasteiger partial charge in [-0.25, -0.2) is 9.78 Å². The summed E-state index contributed by atoms with van der Waals surface area (Å²) in [6.45, 7) is 6.20. The molecule has 2 N–H and O–H groups in total. The van der Waals surface area contributed by atoms with E-state index >= 15 is 0 Å². The second-order valence-corrected chi connectivity index (χ2v) is 8.96. The first-order valence-corrected chi connectivity index (χ1v) is 10.4. The van der Waals surface area contributed by atoms with Crippen molar-refractivity contribution >= 4 is 28.8 Å². The van der Waals surface area contributed by atoms with E-state index in [4.69, 9.17) is 14.7 Å². The molecule has 1 aliphatic carbocycles. The van der Waals surface area contributed by atoms with Crippen molar-refractivity contribution in [3.8, 4) is 0 Å². The van der Waals surface area contributed by atoms with Crippen LogP contribution < -0.4 is 15.5 Å². The molecule has 1 saturated carbocycles. The van der Waals surface area contributed by atoms with E-state index in [0.29, 0.717) is 18.4 Å². The number of anilines is 2. The highest BCUT2D eigenvalue weighted by molar-refractivity contribution is 5.90. The largest absolute Gasteiger partial charge is 0.444 e. The predicted molar refractivity (Wildman–Crippen MR) is 117 cm³/mol. The number of nitrogens with zero attached hydrogens (tertiary/aromatic N) is 3. The van der Waals surface area contributed by atoms with Crippen molar-refractivity contribution < 1.29 is 9.53 Å². The summed E-state index contributed by atoms with van der Waals surface area (Å²) in [6.07, 6.45) is 4.06. The normalized spacial score (nSPS) is 19.6. The minimum absolute atomic E-state index is 0.217. The number of carbonyl (C=O) groups excluding carboxylic acids is 1. The highest BCUT2D eigenvalue weighted by Crippen LogP contribution is 2.28. The van der Waals surface area contributed by atoms with E-state index in [1.807, 2.05) is 64.0 Å². The maximum Gasteiger partial charge on any atom is 0.407 e. The predicted octanol–water partition coefficient (Wildman–Crippen LogP) is 4.19. The molecule has 2 atom stereocenters. The van der Waals surface area contributed by atoms with Crippen LogP contribution in [-0.2, 0) is 4.74 Å². The number of nitrogens with one attached hydrogen (secondary N) is 2. The lowest BCUT2D eigenvalue weighted by molar-refractivity contribution is 0.0514. The number of benzene rings is 1. The molecule has 3 rings (SSSR count). The fraction of sp³-hybridized carbons (Fsp3) is 0.591. The summed E-state index contributed by atoms with van der Waals surface area (Å²) >= 11 is 0. The maximum atomic E-state index is 12.0. The molecule has 1 amide bonds. The Labute approximate surface area is 173 Å². The Hall–Kier alpha value is -2.57. The molecule has 29 heavy (non-hydrogen) atoms. The Morgan fingerprint density at radius 3 is 2.62 bits per heavy atom. The SMILES string of the molecule is CN(C)c1nc(NC2CCCCC2CNC(=O)OC(C)(C)C)nc2ccccc12. The zero-order valence-corrected chi connectivity index (χ0v) is 18.2. The van der Waals surface area contributed by atoms with Crippen molar-refractivity contribution in [3.05, 3.63) is 24.3 Å². The lowest BCUT2D eigenvalue weighted by Gasteiger charge is -2.32. The average molecular weight is 400 g/mol. The molecule has 1 aromatic heterocycles. The third-order valence-electron chi connectivity index (χ3n) is 5.14. The number of carbonyl (C=O) groups is 1. The van der Waals surface area contributed by atoms with Crippen LogP contribution in [0, 0.1) is 5.92 Å². The first-order valence-electron chi connectivity index (χ1n) is 10.4. The zero-order chi connectivity index (χ0) is 21.0. The second-order valence-electron chi connectivity index (χ2n) is 8.96. The highest BCUT2D eigenvalue weighted by atomic mass is 16.6. The fourth-order valence-electron chi connectivity index (χ4n) is 3.80. The molecule has 2 unspecified atom stereocenters. The third kappa shape index (κ3) is 5.71. The first kappa shape index (κ1) is 21.1. The van der Waals surface area contributed by atoms with Gasteiger partial charge in [-0.2, -0.15) is 4.98 Å². The maximum absolute atomic E-state index is 12.0. The van der Waals surface area contributed by atoms with Gasteiger partial charge in [0.05, 0.1) is 5.52 Å². The number of para-hydroxylation sites is 1. The number of ether oxygens (including phenoxy) is 1. The van der Waals surface area contributed by atoms with Crippen LogP contribution in [0.25, 0.3) is 10.9 Å². The van der Waals surface area contributed by atoms with Crippen LogP contribution in [-0.4, -0.2) is 48.3 Å². The number of rotatable bonds is 5. The van der Waals surface area contributed by atoms with Gasteiger partial charge in [-0.1, -0.05) is 25.0 Å². The number of hydrogen-bond acceptors (Lipinski definition) is 6. The lowest BCUT2D eigenvalue weighted by atomic mass is 9.84. The van der Waals surface area contributed by atoms with Gasteiger partial charge in [-0.05, 0) is 51.7 Å². The zero-order valence-electron chi connectivity index (χ0n) is 18.2. The van der Waals surface area contributed by atoms with Crippen molar-refractivity contribution in [2.45, 2.75) is 58.1 Å². The van der Waals surface area contributed by atoms with Crippen LogP contribution in [0.2, 0.25) is 0 Å². The lowest BCUT2D eigenvalue weighted by Crippen LogP contribution is -2.42. The molecule has 0 aliphatic heterocycles. The summed E-state index contributed by atoms with van der Waals surface area (Å²) in [5.74, 6) is 1.85. The molecule has 0 spiro atoms. The molecule has 0 saturated heterocycles. The Bertz CT molecular complexity index is 847. The molecule has 1 heterocycles. The third-order valence-corrected chi connectivity index (χ3v) is 5.14. The van der Waals surface area contributed by atoms with Gasteiger partial charge in [0.1, 0.15) is 11.4 Å². The van der Waals surface area contributed by atoms with Crippen LogP contribution in [0.15, 0.2) is 24.3 Å². The summed E-state index contributed by atoms with van der Waals surface area (Å²) < 4.78 is 5.37. The molecule has 0 bridgehead atoms. The molecular weight excluding hydrogens is 366 g/mol. The van der Waals surface area contributed by atoms with Gasteiger partial charge in [0.25, 0.3) is 0 Å². The van der Waals surface area contributed by atoms with Gasteiger partial charge in [0, 0.05) is 32.1 Å². The number of alkyl carbamates (subject to hydrolysis) is 1. The molecule has 1 aliphatic rings. The summed E-state index contributed by atoms with van der Waals surface area (Å²) in [5, 5.41) is 7.52. The van der Waals surface area contributed by atoms with Gasteiger partial charge >= 0.3 is 6.09 Å². The van der Waals surface area contributed by atoms with Crippen molar-refractivity contribution in [2.24, 2.45) is 5.92 Å². The van der Waals surface area contributed by atoms with Crippen molar-refractivity contribution in [3.63, 3.8) is 0 Å².